The number of carbonyl (C=O) groups excluding carboxylic acids is 1. The lowest BCUT2D eigenvalue weighted by Gasteiger charge is -2.27. The average Bonchev–Trinajstić information content (AvgIpc) is 2.60. The number of aryl methyl sites for hydroxylation is 3. The fourth-order valence-corrected chi connectivity index (χ4v) is 3.35. The number of halogens is 2. The van der Waals surface area contributed by atoms with Gasteiger partial charge in [0.15, 0.2) is 12.3 Å². The van der Waals surface area contributed by atoms with Gasteiger partial charge in [0.2, 0.25) is 0 Å². The van der Waals surface area contributed by atoms with Crippen molar-refractivity contribution in [2.24, 2.45) is 0 Å². The van der Waals surface area contributed by atoms with Gasteiger partial charge >= 0.3 is 5.97 Å². The van der Waals surface area contributed by atoms with Gasteiger partial charge in [-0.3, -0.25) is 4.79 Å². The van der Waals surface area contributed by atoms with Crippen LogP contribution in [0, 0.1) is 26.6 Å². The van der Waals surface area contributed by atoms with Gasteiger partial charge in [-0.05, 0) is 66.8 Å². The highest BCUT2D eigenvalue weighted by Crippen LogP contribution is 2.31. The first-order chi connectivity index (χ1) is 12.8. The number of carbonyl (C=O) groups is 1. The molecule has 1 fully saturated rings. The Labute approximate surface area is 157 Å². The molecule has 0 saturated carbocycles. The third kappa shape index (κ3) is 4.08. The predicted octanol–water partition coefficient (Wildman–Crippen LogP) is 4.45. The molecule has 27 heavy (non-hydrogen) atoms. The van der Waals surface area contributed by atoms with E-state index in [1.165, 1.54) is 12.1 Å². The van der Waals surface area contributed by atoms with Crippen LogP contribution in [-0.2, 0) is 9.53 Å². The highest BCUT2D eigenvalue weighted by atomic mass is 19.1. The van der Waals surface area contributed by atoms with Crippen LogP contribution in [0.2, 0.25) is 0 Å². The van der Waals surface area contributed by atoms with Crippen molar-refractivity contribution in [3.05, 3.63) is 64.5 Å². The maximum atomic E-state index is 14.2. The van der Waals surface area contributed by atoms with Gasteiger partial charge in [0.25, 0.3) is 0 Å². The second-order valence-electron chi connectivity index (χ2n) is 7.04. The second kappa shape index (κ2) is 7.61. The summed E-state index contributed by atoms with van der Waals surface area (Å²) in [6.45, 7) is 5.60. The Kier molecular flexibility index (Phi) is 5.42. The zero-order valence-electron chi connectivity index (χ0n) is 15.5. The number of aliphatic hydroxyl groups excluding tert-OH is 1. The molecule has 1 N–H and O–H groups in total. The molecule has 2 aromatic carbocycles. The number of ether oxygens (including phenoxy) is 1. The molecule has 1 heterocycles. The Hall–Kier alpha value is -2.53. The molecule has 1 aliphatic rings. The van der Waals surface area contributed by atoms with Crippen LogP contribution in [0.4, 0.5) is 8.78 Å². The van der Waals surface area contributed by atoms with Gasteiger partial charge in [-0.2, -0.15) is 0 Å². The predicted molar refractivity (Wildman–Crippen MR) is 100 cm³/mol. The number of esters is 1. The van der Waals surface area contributed by atoms with Gasteiger partial charge in [-0.25, -0.2) is 8.78 Å². The molecule has 1 aliphatic heterocycles. The Morgan fingerprint density at radius 3 is 2.59 bits per heavy atom. The van der Waals surface area contributed by atoms with E-state index in [2.05, 4.69) is 0 Å². The molecule has 0 bridgehead atoms. The fraction of sp³-hybridized carbons (Fsp3) is 0.318. The minimum atomic E-state index is -1.67. The Balaban J connectivity index is 2.02. The Morgan fingerprint density at radius 2 is 1.89 bits per heavy atom. The fourth-order valence-electron chi connectivity index (χ4n) is 3.35. The molecular formula is C22H22F2O3. The first kappa shape index (κ1) is 19.2. The van der Waals surface area contributed by atoms with Crippen molar-refractivity contribution in [1.82, 2.24) is 0 Å². The number of hydrogen-bond acceptors (Lipinski definition) is 3. The van der Waals surface area contributed by atoms with Gasteiger partial charge < -0.3 is 9.84 Å². The summed E-state index contributed by atoms with van der Waals surface area (Å²) in [4.78, 5) is 11.5. The first-order valence-corrected chi connectivity index (χ1v) is 8.84. The van der Waals surface area contributed by atoms with Crippen molar-refractivity contribution < 1.29 is 23.4 Å². The van der Waals surface area contributed by atoms with E-state index in [-0.39, 0.29) is 12.2 Å². The number of hydrogen-bond donors (Lipinski definition) is 1. The van der Waals surface area contributed by atoms with Gasteiger partial charge in [0, 0.05) is 0 Å². The monoisotopic (exact) mass is 372 g/mol. The van der Waals surface area contributed by atoms with Crippen molar-refractivity contribution in [2.75, 3.05) is 0 Å². The van der Waals surface area contributed by atoms with Crippen LogP contribution in [0.3, 0.4) is 0 Å². The molecule has 0 aliphatic carbocycles. The topological polar surface area (TPSA) is 46.5 Å². The molecule has 1 saturated heterocycles. The molecule has 142 valence electrons. The van der Waals surface area contributed by atoms with E-state index in [4.69, 9.17) is 4.74 Å². The van der Waals surface area contributed by atoms with E-state index in [9.17, 15) is 18.7 Å². The Bertz CT molecular complexity index is 905. The van der Waals surface area contributed by atoms with E-state index in [0.717, 1.165) is 27.8 Å². The lowest BCUT2D eigenvalue weighted by Crippen LogP contribution is -2.42. The third-order valence-corrected chi connectivity index (χ3v) is 4.78. The largest absolute Gasteiger partial charge is 0.455 e. The zero-order chi connectivity index (χ0) is 19.7. The van der Waals surface area contributed by atoms with E-state index in [1.54, 1.807) is 25.1 Å². The van der Waals surface area contributed by atoms with Crippen LogP contribution >= 0.6 is 0 Å². The zero-order valence-corrected chi connectivity index (χ0v) is 15.5. The molecule has 3 nitrogen and oxygen atoms in total. The number of rotatable bonds is 3. The van der Waals surface area contributed by atoms with Gasteiger partial charge in [0.1, 0.15) is 5.82 Å². The molecule has 0 unspecified atom stereocenters. The summed E-state index contributed by atoms with van der Waals surface area (Å²) in [5, 5.41) is 9.65. The molecule has 3 atom stereocenters. The molecule has 0 aromatic heterocycles. The van der Waals surface area contributed by atoms with Crippen molar-refractivity contribution in [3.63, 3.8) is 0 Å². The summed E-state index contributed by atoms with van der Waals surface area (Å²) in [5.74, 6) is -0.898. The second-order valence-corrected chi connectivity index (χ2v) is 7.04. The third-order valence-electron chi connectivity index (χ3n) is 4.78. The van der Waals surface area contributed by atoms with Gasteiger partial charge in [0.05, 0.1) is 12.5 Å². The van der Waals surface area contributed by atoms with Crippen LogP contribution in [0.5, 0.6) is 0 Å². The van der Waals surface area contributed by atoms with Crippen LogP contribution in [0.15, 0.2) is 36.4 Å². The molecule has 5 heteroatoms. The number of cyclic esters (lactones) is 1. The van der Waals surface area contributed by atoms with Crippen molar-refractivity contribution >= 4 is 12.0 Å². The summed E-state index contributed by atoms with van der Waals surface area (Å²) in [6, 6.07) is 8.87. The van der Waals surface area contributed by atoms with E-state index < -0.39 is 24.3 Å². The lowest BCUT2D eigenvalue weighted by atomic mass is 9.92. The summed E-state index contributed by atoms with van der Waals surface area (Å²) >= 11 is 0. The number of alkyl halides is 1. The minimum Gasteiger partial charge on any atom is -0.455 e. The molecule has 0 radical (unpaired) electrons. The van der Waals surface area contributed by atoms with Gasteiger partial charge in [-0.1, -0.05) is 29.8 Å². The Morgan fingerprint density at radius 1 is 1.15 bits per heavy atom. The van der Waals surface area contributed by atoms with Crippen LogP contribution in [0.1, 0.15) is 28.7 Å². The molecule has 3 rings (SSSR count). The normalized spacial score (nSPS) is 22.9. The number of aliphatic hydroxyl groups is 1. The maximum Gasteiger partial charge on any atom is 0.309 e. The van der Waals surface area contributed by atoms with Crippen LogP contribution in [-0.4, -0.2) is 29.5 Å². The number of benzene rings is 2. The SMILES string of the molecule is Cc1cc(C)c(/C=C/[C@H]2OC(=O)C[C@H](O)[C@H]2F)c(-c2ccc(F)c(C)c2)c1. The summed E-state index contributed by atoms with van der Waals surface area (Å²) < 4.78 is 32.9. The van der Waals surface area contributed by atoms with Gasteiger partial charge in [-0.15, -0.1) is 0 Å². The maximum absolute atomic E-state index is 14.2. The summed E-state index contributed by atoms with van der Waals surface area (Å²) in [7, 11) is 0. The molecular weight excluding hydrogens is 350 g/mol. The van der Waals surface area contributed by atoms with Crippen LogP contribution in [0.25, 0.3) is 17.2 Å². The van der Waals surface area contributed by atoms with Crippen molar-refractivity contribution in [1.29, 1.82) is 0 Å². The molecule has 2 aromatic rings. The van der Waals surface area contributed by atoms with E-state index in [1.807, 2.05) is 26.0 Å². The average molecular weight is 372 g/mol. The quantitative estimate of drug-likeness (QED) is 0.810. The first-order valence-electron chi connectivity index (χ1n) is 8.84. The smallest absolute Gasteiger partial charge is 0.309 e. The lowest BCUT2D eigenvalue weighted by molar-refractivity contribution is -0.164. The molecule has 0 spiro atoms. The molecule has 0 amide bonds. The summed E-state index contributed by atoms with van der Waals surface area (Å²) in [6.07, 6.45) is -1.34. The van der Waals surface area contributed by atoms with E-state index in [0.29, 0.717) is 5.56 Å². The standard InChI is InChI=1S/C22H22F2O3/c1-12-8-13(2)16(5-7-20-22(24)19(25)11-21(26)27-20)17(9-12)15-4-6-18(23)14(3)10-15/h4-10,19-20,22,25H,11H2,1-3H3/b7-5+/t19-,20+,22+/m0/s1. The highest BCUT2D eigenvalue weighted by Gasteiger charge is 2.36. The van der Waals surface area contributed by atoms with Crippen molar-refractivity contribution in [2.45, 2.75) is 45.6 Å². The highest BCUT2D eigenvalue weighted by molar-refractivity contribution is 5.78. The van der Waals surface area contributed by atoms with Crippen LogP contribution < -0.4 is 0 Å². The summed E-state index contributed by atoms with van der Waals surface area (Å²) in [5.41, 5.74) is 5.10. The van der Waals surface area contributed by atoms with Crippen molar-refractivity contribution in [3.8, 4) is 11.1 Å². The minimum absolute atomic E-state index is 0.274. The van der Waals surface area contributed by atoms with E-state index >= 15 is 0 Å².